The Balaban J connectivity index is 3.13. The SMILES string of the molecule is CCc1c(C)cccc1[C@H](N)C(C)C. The smallest absolute Gasteiger partial charge is 0.0321 e. The number of nitrogens with two attached hydrogens (primary N) is 1. The van der Waals surface area contributed by atoms with E-state index >= 15 is 0 Å². The lowest BCUT2D eigenvalue weighted by Gasteiger charge is -2.20. The Morgan fingerprint density at radius 3 is 2.43 bits per heavy atom. The van der Waals surface area contributed by atoms with Crippen molar-refractivity contribution in [2.75, 3.05) is 0 Å². The van der Waals surface area contributed by atoms with Crippen LogP contribution in [-0.4, -0.2) is 0 Å². The van der Waals surface area contributed by atoms with Gasteiger partial charge in [-0.1, -0.05) is 39.0 Å². The van der Waals surface area contributed by atoms with Crippen LogP contribution in [0.15, 0.2) is 18.2 Å². The van der Waals surface area contributed by atoms with E-state index in [1.807, 2.05) is 0 Å². The first kappa shape index (κ1) is 11.3. The fourth-order valence-electron chi connectivity index (χ4n) is 1.88. The summed E-state index contributed by atoms with van der Waals surface area (Å²) in [6.07, 6.45) is 1.07. The Bertz CT molecular complexity index is 302. The van der Waals surface area contributed by atoms with Gasteiger partial charge in [-0.2, -0.15) is 0 Å². The van der Waals surface area contributed by atoms with Crippen LogP contribution in [0.1, 0.15) is 43.5 Å². The van der Waals surface area contributed by atoms with Crippen LogP contribution in [0.3, 0.4) is 0 Å². The fraction of sp³-hybridized carbons (Fsp3) is 0.538. The first-order valence-electron chi connectivity index (χ1n) is 5.41. The Kier molecular flexibility index (Phi) is 3.70. The summed E-state index contributed by atoms with van der Waals surface area (Å²) in [5.74, 6) is 0.502. The van der Waals surface area contributed by atoms with Crippen LogP contribution in [0.25, 0.3) is 0 Å². The van der Waals surface area contributed by atoms with Gasteiger partial charge in [0.1, 0.15) is 0 Å². The van der Waals surface area contributed by atoms with Crippen LogP contribution in [-0.2, 0) is 6.42 Å². The molecule has 1 aromatic rings. The molecule has 0 aliphatic rings. The predicted molar refractivity (Wildman–Crippen MR) is 62.3 cm³/mol. The molecule has 1 rings (SSSR count). The molecule has 0 fully saturated rings. The third-order valence-corrected chi connectivity index (χ3v) is 2.88. The van der Waals surface area contributed by atoms with Crippen molar-refractivity contribution < 1.29 is 0 Å². The van der Waals surface area contributed by atoms with Crippen molar-refractivity contribution in [3.8, 4) is 0 Å². The van der Waals surface area contributed by atoms with Crippen molar-refractivity contribution in [2.45, 2.75) is 40.2 Å². The summed E-state index contributed by atoms with van der Waals surface area (Å²) in [4.78, 5) is 0. The summed E-state index contributed by atoms with van der Waals surface area (Å²) in [5, 5.41) is 0. The zero-order valence-electron chi connectivity index (χ0n) is 9.67. The standard InChI is InChI=1S/C13H21N/c1-5-11-10(4)7-6-8-12(11)13(14)9(2)3/h6-9,13H,5,14H2,1-4H3/t13-/m1/s1. The second-order valence-electron chi connectivity index (χ2n) is 4.27. The van der Waals surface area contributed by atoms with Crippen LogP contribution in [0.5, 0.6) is 0 Å². The van der Waals surface area contributed by atoms with Gasteiger partial charge in [0, 0.05) is 6.04 Å². The second-order valence-corrected chi connectivity index (χ2v) is 4.27. The van der Waals surface area contributed by atoms with E-state index < -0.39 is 0 Å². The van der Waals surface area contributed by atoms with Gasteiger partial charge < -0.3 is 5.73 Å². The normalized spacial score (nSPS) is 13.3. The van der Waals surface area contributed by atoms with E-state index in [1.54, 1.807) is 0 Å². The average molecular weight is 191 g/mol. The van der Waals surface area contributed by atoms with Crippen molar-refractivity contribution in [2.24, 2.45) is 11.7 Å². The minimum Gasteiger partial charge on any atom is -0.324 e. The van der Waals surface area contributed by atoms with Gasteiger partial charge in [-0.25, -0.2) is 0 Å². The van der Waals surface area contributed by atoms with Crippen molar-refractivity contribution in [1.29, 1.82) is 0 Å². The van der Waals surface area contributed by atoms with Crippen molar-refractivity contribution in [3.63, 3.8) is 0 Å². The third-order valence-electron chi connectivity index (χ3n) is 2.88. The van der Waals surface area contributed by atoms with Crippen LogP contribution in [0.2, 0.25) is 0 Å². The molecule has 0 amide bonds. The molecular formula is C13H21N. The maximum atomic E-state index is 6.18. The zero-order chi connectivity index (χ0) is 10.7. The molecule has 0 spiro atoms. The lowest BCUT2D eigenvalue weighted by atomic mass is 9.90. The molecule has 0 radical (unpaired) electrons. The van der Waals surface area contributed by atoms with E-state index in [9.17, 15) is 0 Å². The summed E-state index contributed by atoms with van der Waals surface area (Å²) in [5.41, 5.74) is 10.3. The maximum Gasteiger partial charge on any atom is 0.0321 e. The number of hydrogen-bond donors (Lipinski definition) is 1. The van der Waals surface area contributed by atoms with Crippen molar-refractivity contribution >= 4 is 0 Å². The van der Waals surface area contributed by atoms with E-state index in [1.165, 1.54) is 16.7 Å². The Labute approximate surface area is 87.3 Å². The predicted octanol–water partition coefficient (Wildman–Crippen LogP) is 3.21. The summed E-state index contributed by atoms with van der Waals surface area (Å²) >= 11 is 0. The molecule has 0 aliphatic heterocycles. The number of rotatable bonds is 3. The third kappa shape index (κ3) is 2.16. The van der Waals surface area contributed by atoms with Gasteiger partial charge in [-0.3, -0.25) is 0 Å². The Hall–Kier alpha value is -0.820. The molecular weight excluding hydrogens is 170 g/mol. The molecule has 78 valence electrons. The molecule has 2 N–H and O–H groups in total. The van der Waals surface area contributed by atoms with Gasteiger partial charge in [0.2, 0.25) is 0 Å². The molecule has 0 saturated carbocycles. The summed E-state index contributed by atoms with van der Waals surface area (Å²) in [6, 6.07) is 6.60. The first-order valence-corrected chi connectivity index (χ1v) is 5.41. The highest BCUT2D eigenvalue weighted by atomic mass is 14.6. The molecule has 0 aliphatic carbocycles. The summed E-state index contributed by atoms with van der Waals surface area (Å²) < 4.78 is 0. The van der Waals surface area contributed by atoms with Gasteiger partial charge in [0.25, 0.3) is 0 Å². The molecule has 0 heterocycles. The van der Waals surface area contributed by atoms with E-state index in [4.69, 9.17) is 5.73 Å². The fourth-order valence-corrected chi connectivity index (χ4v) is 1.88. The van der Waals surface area contributed by atoms with Crippen LogP contribution >= 0.6 is 0 Å². The van der Waals surface area contributed by atoms with Crippen LogP contribution in [0.4, 0.5) is 0 Å². The minimum absolute atomic E-state index is 0.171. The highest BCUT2D eigenvalue weighted by Crippen LogP contribution is 2.25. The van der Waals surface area contributed by atoms with Gasteiger partial charge >= 0.3 is 0 Å². The zero-order valence-corrected chi connectivity index (χ0v) is 9.67. The van der Waals surface area contributed by atoms with Crippen molar-refractivity contribution in [3.05, 3.63) is 34.9 Å². The van der Waals surface area contributed by atoms with Crippen molar-refractivity contribution in [1.82, 2.24) is 0 Å². The summed E-state index contributed by atoms with van der Waals surface area (Å²) in [6.45, 7) is 8.70. The van der Waals surface area contributed by atoms with Crippen LogP contribution in [0, 0.1) is 12.8 Å². The number of benzene rings is 1. The molecule has 0 aromatic heterocycles. The number of hydrogen-bond acceptors (Lipinski definition) is 1. The lowest BCUT2D eigenvalue weighted by molar-refractivity contribution is 0.510. The molecule has 14 heavy (non-hydrogen) atoms. The lowest BCUT2D eigenvalue weighted by Crippen LogP contribution is -2.18. The molecule has 1 nitrogen and oxygen atoms in total. The highest BCUT2D eigenvalue weighted by Gasteiger charge is 2.14. The van der Waals surface area contributed by atoms with Gasteiger partial charge in [0.15, 0.2) is 0 Å². The molecule has 0 unspecified atom stereocenters. The summed E-state index contributed by atoms with van der Waals surface area (Å²) in [7, 11) is 0. The average Bonchev–Trinajstić information content (AvgIpc) is 2.16. The molecule has 1 aromatic carbocycles. The van der Waals surface area contributed by atoms with E-state index in [0.29, 0.717) is 5.92 Å². The monoisotopic (exact) mass is 191 g/mol. The largest absolute Gasteiger partial charge is 0.324 e. The molecule has 0 bridgehead atoms. The van der Waals surface area contributed by atoms with Gasteiger partial charge in [-0.15, -0.1) is 0 Å². The van der Waals surface area contributed by atoms with Gasteiger partial charge in [0.05, 0.1) is 0 Å². The number of aryl methyl sites for hydroxylation is 1. The van der Waals surface area contributed by atoms with E-state index in [0.717, 1.165) is 6.42 Å². The second kappa shape index (κ2) is 4.61. The first-order chi connectivity index (χ1) is 6.57. The van der Waals surface area contributed by atoms with E-state index in [2.05, 4.69) is 45.9 Å². The Morgan fingerprint density at radius 2 is 1.93 bits per heavy atom. The maximum absolute atomic E-state index is 6.18. The Morgan fingerprint density at radius 1 is 1.29 bits per heavy atom. The topological polar surface area (TPSA) is 26.0 Å². The quantitative estimate of drug-likeness (QED) is 0.780. The minimum atomic E-state index is 0.171. The van der Waals surface area contributed by atoms with Crippen LogP contribution < -0.4 is 5.73 Å². The van der Waals surface area contributed by atoms with E-state index in [-0.39, 0.29) is 6.04 Å². The highest BCUT2D eigenvalue weighted by molar-refractivity contribution is 5.36. The molecule has 0 saturated heterocycles. The van der Waals surface area contributed by atoms with Gasteiger partial charge in [-0.05, 0) is 36.0 Å². The molecule has 1 heteroatoms. The molecule has 1 atom stereocenters.